The number of carbonyl (C=O) groups excluding carboxylic acids is 1. The number of ether oxygens (including phenoxy) is 1. The van der Waals surface area contributed by atoms with E-state index in [2.05, 4.69) is 40.5 Å². The van der Waals surface area contributed by atoms with Crippen molar-refractivity contribution in [3.63, 3.8) is 0 Å². The van der Waals surface area contributed by atoms with E-state index in [1.807, 2.05) is 81.8 Å². The Bertz CT molecular complexity index is 2020. The van der Waals surface area contributed by atoms with Gasteiger partial charge in [-0.3, -0.25) is 4.79 Å². The van der Waals surface area contributed by atoms with Gasteiger partial charge in [0.2, 0.25) is 11.3 Å². The van der Waals surface area contributed by atoms with Crippen LogP contribution >= 0.6 is 0 Å². The number of methoxy groups -OCH3 is 1. The molecule has 2 aromatic carbocycles. The van der Waals surface area contributed by atoms with Crippen LogP contribution in [0.2, 0.25) is 0 Å². The van der Waals surface area contributed by atoms with Crippen molar-refractivity contribution < 1.29 is 36.8 Å². The van der Waals surface area contributed by atoms with Gasteiger partial charge in [0.15, 0.2) is 0 Å². The highest BCUT2D eigenvalue weighted by Gasteiger charge is 2.25. The van der Waals surface area contributed by atoms with Crippen molar-refractivity contribution in [2.45, 2.75) is 32.2 Å². The Hall–Kier alpha value is -4.82. The normalized spacial score (nSPS) is 12.1. The molecule has 1 unspecified atom stereocenters. The number of aliphatic carboxylic acids is 1. The molecule has 4 rings (SSSR count). The van der Waals surface area contributed by atoms with E-state index in [-0.39, 0.29) is 6.42 Å². The molecule has 1 aliphatic carbocycles. The fourth-order valence-corrected chi connectivity index (χ4v) is 6.44. The minimum atomic E-state index is -4.61. The van der Waals surface area contributed by atoms with Crippen molar-refractivity contribution in [2.24, 2.45) is 0 Å². The maximum absolute atomic E-state index is 12.6. The predicted octanol–water partition coefficient (Wildman–Crippen LogP) is 3.49. The minimum Gasteiger partial charge on any atom is -0.748 e. The van der Waals surface area contributed by atoms with Gasteiger partial charge in [-0.25, -0.2) is 17.8 Å². The van der Waals surface area contributed by atoms with Crippen molar-refractivity contribution >= 4 is 50.0 Å². The third-order valence-electron chi connectivity index (χ3n) is 8.61. The van der Waals surface area contributed by atoms with Gasteiger partial charge >= 0.3 is 5.97 Å². The number of nitrogens with zero attached hydrogens (tertiary/aromatic N) is 4. The Balaban J connectivity index is 1.74. The smallest absolute Gasteiger partial charge is 0.326 e. The van der Waals surface area contributed by atoms with Crippen LogP contribution in [0.5, 0.6) is 5.75 Å². The number of fused-ring (bicyclic) bond motifs is 2. The molecule has 0 fully saturated rings. The lowest BCUT2D eigenvalue weighted by Gasteiger charge is -2.30. The zero-order chi connectivity index (χ0) is 36.9. The molecule has 1 atom stereocenters. The second-order valence-corrected chi connectivity index (χ2v) is 14.3. The molecule has 14 heteroatoms. The first kappa shape index (κ1) is 38.0. The van der Waals surface area contributed by atoms with Crippen molar-refractivity contribution in [3.8, 4) is 28.2 Å². The van der Waals surface area contributed by atoms with Gasteiger partial charge in [0, 0.05) is 99.4 Å². The molecule has 50 heavy (non-hydrogen) atoms. The summed E-state index contributed by atoms with van der Waals surface area (Å²) in [5.41, 5.74) is 6.35. The minimum absolute atomic E-state index is 0.00624. The molecule has 2 aromatic rings. The van der Waals surface area contributed by atoms with Gasteiger partial charge in [-0.1, -0.05) is 0 Å². The summed E-state index contributed by atoms with van der Waals surface area (Å²) in [5, 5.41) is 13.7. The second kappa shape index (κ2) is 15.8. The molecule has 13 nitrogen and oxygen atoms in total. The van der Waals surface area contributed by atoms with Gasteiger partial charge in [0.1, 0.15) is 37.2 Å². The number of amides is 1. The molecule has 2 aliphatic rings. The summed E-state index contributed by atoms with van der Waals surface area (Å²) in [5.74, 6) is -1.43. The van der Waals surface area contributed by atoms with Crippen LogP contribution in [0.1, 0.15) is 26.2 Å². The zero-order valence-electron chi connectivity index (χ0n) is 29.9. The maximum Gasteiger partial charge on any atom is 0.326 e. The maximum atomic E-state index is 12.6. The van der Waals surface area contributed by atoms with Crippen LogP contribution in [0.15, 0.2) is 52.9 Å². The molecular formula is C36H47N5O8S. The molecule has 1 amide bonds. The summed E-state index contributed by atoms with van der Waals surface area (Å²) in [4.78, 5) is 30.4. The molecule has 270 valence electrons. The largest absolute Gasteiger partial charge is 0.748 e. The van der Waals surface area contributed by atoms with Crippen molar-refractivity contribution in [1.82, 2.24) is 9.89 Å². The average molecular weight is 710 g/mol. The van der Waals surface area contributed by atoms with E-state index in [0.717, 1.165) is 55.8 Å². The second-order valence-electron chi connectivity index (χ2n) is 12.8. The molecule has 0 saturated heterocycles. The van der Waals surface area contributed by atoms with Crippen LogP contribution in [0.4, 0.5) is 17.1 Å². The number of hydrogen-bond donors (Lipinski definition) is 2. The Morgan fingerprint density at radius 2 is 1.72 bits per heavy atom. The summed E-state index contributed by atoms with van der Waals surface area (Å²) < 4.78 is 47.6. The van der Waals surface area contributed by atoms with Gasteiger partial charge in [0.25, 0.3) is 0 Å². The van der Waals surface area contributed by atoms with Gasteiger partial charge in [0.05, 0.1) is 34.7 Å². The number of anilines is 3. The average Bonchev–Trinajstić information content (AvgIpc) is 3.05. The van der Waals surface area contributed by atoms with Crippen LogP contribution in [0.3, 0.4) is 0 Å². The van der Waals surface area contributed by atoms with Crippen LogP contribution in [-0.2, 0) is 19.7 Å². The Morgan fingerprint density at radius 3 is 2.30 bits per heavy atom. The highest BCUT2D eigenvalue weighted by atomic mass is 32.2. The van der Waals surface area contributed by atoms with Gasteiger partial charge in [-0.15, -0.1) is 0 Å². The number of carbonyl (C=O) groups is 2. The highest BCUT2D eigenvalue weighted by Crippen LogP contribution is 2.47. The van der Waals surface area contributed by atoms with E-state index in [1.165, 1.54) is 0 Å². The molecule has 0 aromatic heterocycles. The fourth-order valence-electron chi connectivity index (χ4n) is 5.91. The van der Waals surface area contributed by atoms with E-state index in [9.17, 15) is 27.7 Å². The summed E-state index contributed by atoms with van der Waals surface area (Å²) in [6.45, 7) is 3.09. The summed E-state index contributed by atoms with van der Waals surface area (Å²) in [7, 11) is 8.91. The third kappa shape index (κ3) is 8.85. The topological polar surface area (TPSA) is 159 Å². The van der Waals surface area contributed by atoms with Gasteiger partial charge < -0.3 is 38.8 Å². The van der Waals surface area contributed by atoms with E-state index >= 15 is 0 Å². The number of carboxylic acids is 1. The van der Waals surface area contributed by atoms with Crippen LogP contribution in [0.25, 0.3) is 33.4 Å². The Labute approximate surface area is 293 Å². The van der Waals surface area contributed by atoms with Crippen LogP contribution < -0.4 is 34.7 Å². The lowest BCUT2D eigenvalue weighted by Crippen LogP contribution is -2.42. The highest BCUT2D eigenvalue weighted by molar-refractivity contribution is 7.85. The first-order chi connectivity index (χ1) is 23.5. The predicted molar refractivity (Wildman–Crippen MR) is 196 cm³/mol. The molecule has 0 saturated carbocycles. The lowest BCUT2D eigenvalue weighted by molar-refractivity contribution is -0.141. The molecule has 0 radical (unpaired) electrons. The number of rotatable bonds is 15. The van der Waals surface area contributed by atoms with Crippen molar-refractivity contribution in [2.75, 3.05) is 82.9 Å². The van der Waals surface area contributed by atoms with Crippen molar-refractivity contribution in [3.05, 3.63) is 53.9 Å². The standard InChI is InChI=1S/C36H47N5O8S/c1-9-41(17-10-11-34(42)37-28(36(43)44)16-18-50(45,46)47)30-22-31(48-8)27(21-29(30)40(6)7)35-25-14-12-23(38(2)3)19-32(25)49-33-20-24(39(4)5)13-15-26(33)35/h12-15,19-22,28H,9-11,16-18H2,1-8H3,(H2-,37,42,43,44,45,46,47). The van der Waals surface area contributed by atoms with Gasteiger partial charge in [-0.2, -0.15) is 0 Å². The first-order valence-electron chi connectivity index (χ1n) is 16.3. The van der Waals surface area contributed by atoms with E-state index < -0.39 is 40.2 Å². The molecule has 0 spiro atoms. The summed E-state index contributed by atoms with van der Waals surface area (Å²) in [6, 6.07) is 15.0. The van der Waals surface area contributed by atoms with E-state index in [0.29, 0.717) is 25.3 Å². The van der Waals surface area contributed by atoms with Crippen molar-refractivity contribution in [1.29, 1.82) is 0 Å². The SMILES string of the molecule is CCN(CCCC(=O)NC(CCS(=O)(=O)[O-])C(=O)O)c1cc(OC)c(-c2c3ccc(=[N+](C)C)cc-3oc3cc(N(C)C)ccc23)cc1N(C)C. The number of carboxylic acid groups (broad SMARTS) is 1. The molecular weight excluding hydrogens is 662 g/mol. The monoisotopic (exact) mass is 709 g/mol. The summed E-state index contributed by atoms with van der Waals surface area (Å²) in [6.07, 6.45) is -0.104. The zero-order valence-corrected chi connectivity index (χ0v) is 30.8. The van der Waals surface area contributed by atoms with Crippen LogP contribution in [0, 0.1) is 0 Å². The van der Waals surface area contributed by atoms with E-state index in [4.69, 9.17) is 9.15 Å². The van der Waals surface area contributed by atoms with Crippen LogP contribution in [-0.4, -0.2) is 104 Å². The Morgan fingerprint density at radius 1 is 1.00 bits per heavy atom. The number of benzene rings is 3. The van der Waals surface area contributed by atoms with E-state index in [1.54, 1.807) is 7.11 Å². The number of nitrogens with one attached hydrogen (secondary N) is 1. The molecule has 0 bridgehead atoms. The number of hydrogen-bond acceptors (Lipinski definition) is 10. The fraction of sp³-hybridized carbons (Fsp3) is 0.417. The molecule has 1 aliphatic heterocycles. The quantitative estimate of drug-likeness (QED) is 0.106. The third-order valence-corrected chi connectivity index (χ3v) is 9.35. The molecule has 1 heterocycles. The lowest BCUT2D eigenvalue weighted by atomic mass is 9.92. The summed E-state index contributed by atoms with van der Waals surface area (Å²) >= 11 is 0. The van der Waals surface area contributed by atoms with Gasteiger partial charge in [-0.05, 0) is 44.0 Å². The molecule has 2 N–H and O–H groups in total. The first-order valence-corrected chi connectivity index (χ1v) is 17.9. The Kier molecular flexibility index (Phi) is 12.0.